The van der Waals surface area contributed by atoms with Crippen LogP contribution >= 0.6 is 0 Å². The van der Waals surface area contributed by atoms with Crippen LogP contribution in [0.5, 0.6) is 0 Å². The molecule has 0 bridgehead atoms. The molecule has 33 heavy (non-hydrogen) atoms. The molecule has 3 heterocycles. The van der Waals surface area contributed by atoms with Gasteiger partial charge in [0, 0.05) is 36.6 Å². The first kappa shape index (κ1) is 21.2. The first-order chi connectivity index (χ1) is 15.9. The van der Waals surface area contributed by atoms with Gasteiger partial charge in [0.25, 0.3) is 5.56 Å². The minimum Gasteiger partial charge on any atom is -0.315 e. The van der Waals surface area contributed by atoms with Gasteiger partial charge in [-0.1, -0.05) is 38.1 Å². The van der Waals surface area contributed by atoms with E-state index in [1.807, 2.05) is 12.1 Å². The van der Waals surface area contributed by atoms with Gasteiger partial charge in [0.1, 0.15) is 17.5 Å². The number of carbonyl (C=O) groups is 1. The molecule has 1 N–H and O–H groups in total. The third-order valence-corrected chi connectivity index (χ3v) is 6.32. The standard InChI is InChI=1S/C25H24FN5O2/c1-14(2)24-29-28-22-13-16(9-10-31(22)24)23(32)19-11-15(7-8-20(19)26)12-21-17-5-3-4-6-18(17)25(33)30-27-21/h3-8,11,14,16H,9-10,12-13H2,1-2H3,(H,30,33). The molecule has 1 aliphatic heterocycles. The van der Waals surface area contributed by atoms with E-state index in [9.17, 15) is 14.0 Å². The Kier molecular flexibility index (Phi) is 5.36. The Morgan fingerprint density at radius 2 is 1.97 bits per heavy atom. The zero-order chi connectivity index (χ0) is 23.1. The molecule has 2 aromatic heterocycles. The minimum absolute atomic E-state index is 0.0864. The second-order valence-electron chi connectivity index (χ2n) is 8.87. The fourth-order valence-electron chi connectivity index (χ4n) is 4.59. The molecule has 1 atom stereocenters. The molecule has 0 aliphatic carbocycles. The van der Waals surface area contributed by atoms with Crippen LogP contribution in [-0.4, -0.2) is 30.7 Å². The SMILES string of the molecule is CC(C)c1nnc2n1CCC(C(=O)c1cc(Cc3n[nH]c(=O)c4ccccc34)ccc1F)C2. The summed E-state index contributed by atoms with van der Waals surface area (Å²) in [5.74, 6) is 0.879. The Labute approximate surface area is 189 Å². The number of H-pyrrole nitrogens is 1. The molecular weight excluding hydrogens is 421 g/mol. The number of aromatic amines is 1. The van der Waals surface area contributed by atoms with Crippen LogP contribution in [0.4, 0.5) is 4.39 Å². The predicted octanol–water partition coefficient (Wildman–Crippen LogP) is 3.81. The van der Waals surface area contributed by atoms with Crippen LogP contribution in [0.15, 0.2) is 47.3 Å². The molecule has 7 nitrogen and oxygen atoms in total. The van der Waals surface area contributed by atoms with Gasteiger partial charge in [0.2, 0.25) is 0 Å². The van der Waals surface area contributed by atoms with E-state index >= 15 is 0 Å². The van der Waals surface area contributed by atoms with Crippen LogP contribution in [-0.2, 0) is 19.4 Å². The first-order valence-corrected chi connectivity index (χ1v) is 11.1. The topological polar surface area (TPSA) is 93.5 Å². The summed E-state index contributed by atoms with van der Waals surface area (Å²) in [4.78, 5) is 25.3. The molecule has 0 amide bonds. The summed E-state index contributed by atoms with van der Waals surface area (Å²) >= 11 is 0. The van der Waals surface area contributed by atoms with Crippen molar-refractivity contribution in [2.45, 2.75) is 45.6 Å². The molecule has 1 unspecified atom stereocenters. The molecule has 2 aromatic carbocycles. The van der Waals surface area contributed by atoms with Crippen LogP contribution < -0.4 is 5.56 Å². The van der Waals surface area contributed by atoms with Crippen molar-refractivity contribution in [3.63, 3.8) is 0 Å². The van der Waals surface area contributed by atoms with E-state index in [1.54, 1.807) is 24.3 Å². The number of ketones is 1. The minimum atomic E-state index is -0.530. The van der Waals surface area contributed by atoms with E-state index in [2.05, 4.69) is 38.8 Å². The van der Waals surface area contributed by atoms with Crippen LogP contribution in [0.1, 0.15) is 59.5 Å². The number of hydrogen-bond donors (Lipinski definition) is 1. The van der Waals surface area contributed by atoms with E-state index in [0.29, 0.717) is 36.9 Å². The molecule has 0 radical (unpaired) electrons. The van der Waals surface area contributed by atoms with Crippen LogP contribution in [0, 0.1) is 11.7 Å². The summed E-state index contributed by atoms with van der Waals surface area (Å²) in [7, 11) is 0. The van der Waals surface area contributed by atoms with E-state index in [-0.39, 0.29) is 28.7 Å². The van der Waals surface area contributed by atoms with Crippen molar-refractivity contribution >= 4 is 16.6 Å². The third-order valence-electron chi connectivity index (χ3n) is 6.32. The van der Waals surface area contributed by atoms with E-state index in [0.717, 1.165) is 22.6 Å². The van der Waals surface area contributed by atoms with E-state index in [1.165, 1.54) is 6.07 Å². The molecule has 0 saturated carbocycles. The highest BCUT2D eigenvalue weighted by Gasteiger charge is 2.30. The Morgan fingerprint density at radius 1 is 1.18 bits per heavy atom. The number of benzene rings is 2. The maximum atomic E-state index is 14.7. The van der Waals surface area contributed by atoms with Gasteiger partial charge in [-0.25, -0.2) is 9.49 Å². The molecule has 8 heteroatoms. The van der Waals surface area contributed by atoms with Gasteiger partial charge in [0.05, 0.1) is 16.6 Å². The number of hydrogen-bond acceptors (Lipinski definition) is 5. The van der Waals surface area contributed by atoms with Gasteiger partial charge in [-0.05, 0) is 30.2 Å². The van der Waals surface area contributed by atoms with Gasteiger partial charge >= 0.3 is 0 Å². The fourth-order valence-corrected chi connectivity index (χ4v) is 4.59. The molecular formula is C25H24FN5O2. The van der Waals surface area contributed by atoms with Gasteiger partial charge in [-0.3, -0.25) is 9.59 Å². The number of fused-ring (bicyclic) bond motifs is 2. The third kappa shape index (κ3) is 3.86. The molecule has 1 aliphatic rings. The van der Waals surface area contributed by atoms with Crippen molar-refractivity contribution in [2.24, 2.45) is 5.92 Å². The average molecular weight is 445 g/mol. The zero-order valence-corrected chi connectivity index (χ0v) is 18.5. The quantitative estimate of drug-likeness (QED) is 0.472. The molecule has 0 spiro atoms. The second kappa shape index (κ2) is 8.35. The monoisotopic (exact) mass is 445 g/mol. The Bertz CT molecular complexity index is 1420. The van der Waals surface area contributed by atoms with Crippen molar-refractivity contribution in [2.75, 3.05) is 0 Å². The maximum absolute atomic E-state index is 14.7. The van der Waals surface area contributed by atoms with E-state index < -0.39 is 5.82 Å². The highest BCUT2D eigenvalue weighted by Crippen LogP contribution is 2.28. The Morgan fingerprint density at radius 3 is 2.76 bits per heavy atom. The van der Waals surface area contributed by atoms with Crippen molar-refractivity contribution in [3.05, 3.63) is 87.1 Å². The number of Topliss-reactive ketones (excluding diaryl/α,β-unsaturated/α-hetero) is 1. The van der Waals surface area contributed by atoms with Crippen LogP contribution in [0.25, 0.3) is 10.8 Å². The fraction of sp³-hybridized carbons (Fsp3) is 0.320. The smallest absolute Gasteiger partial charge is 0.272 e. The molecule has 0 saturated heterocycles. The number of aromatic nitrogens is 5. The number of nitrogens with zero attached hydrogens (tertiary/aromatic N) is 4. The number of carbonyl (C=O) groups excluding carboxylic acids is 1. The lowest BCUT2D eigenvalue weighted by Gasteiger charge is -2.23. The normalized spacial score (nSPS) is 15.7. The van der Waals surface area contributed by atoms with Crippen molar-refractivity contribution in [1.82, 2.24) is 25.0 Å². The lowest BCUT2D eigenvalue weighted by molar-refractivity contribution is 0.0893. The van der Waals surface area contributed by atoms with Crippen LogP contribution in [0.3, 0.4) is 0 Å². The Balaban J connectivity index is 1.42. The van der Waals surface area contributed by atoms with Crippen LogP contribution in [0.2, 0.25) is 0 Å². The predicted molar refractivity (Wildman–Crippen MR) is 122 cm³/mol. The average Bonchev–Trinajstić information content (AvgIpc) is 3.25. The van der Waals surface area contributed by atoms with Gasteiger partial charge in [-0.15, -0.1) is 10.2 Å². The van der Waals surface area contributed by atoms with Crippen molar-refractivity contribution < 1.29 is 9.18 Å². The maximum Gasteiger partial charge on any atom is 0.272 e. The lowest BCUT2D eigenvalue weighted by atomic mass is 9.88. The highest BCUT2D eigenvalue weighted by molar-refractivity contribution is 5.98. The number of halogens is 1. The number of nitrogens with one attached hydrogen (secondary N) is 1. The van der Waals surface area contributed by atoms with Gasteiger partial charge in [0.15, 0.2) is 5.78 Å². The summed E-state index contributed by atoms with van der Waals surface area (Å²) in [6, 6.07) is 11.8. The molecule has 4 aromatic rings. The summed E-state index contributed by atoms with van der Waals surface area (Å²) in [6.45, 7) is 4.78. The second-order valence-corrected chi connectivity index (χ2v) is 8.87. The summed E-state index contributed by atoms with van der Waals surface area (Å²) < 4.78 is 16.8. The van der Waals surface area contributed by atoms with Gasteiger partial charge in [-0.2, -0.15) is 5.10 Å². The summed E-state index contributed by atoms with van der Waals surface area (Å²) in [6.07, 6.45) is 1.45. The zero-order valence-electron chi connectivity index (χ0n) is 18.5. The van der Waals surface area contributed by atoms with Crippen molar-refractivity contribution in [1.29, 1.82) is 0 Å². The Hall–Kier alpha value is -3.68. The largest absolute Gasteiger partial charge is 0.315 e. The van der Waals surface area contributed by atoms with Crippen molar-refractivity contribution in [3.8, 4) is 0 Å². The molecule has 168 valence electrons. The first-order valence-electron chi connectivity index (χ1n) is 11.1. The molecule has 5 rings (SSSR count). The van der Waals surface area contributed by atoms with Gasteiger partial charge < -0.3 is 4.57 Å². The van der Waals surface area contributed by atoms with E-state index in [4.69, 9.17) is 0 Å². The lowest BCUT2D eigenvalue weighted by Crippen LogP contribution is -2.27. The molecule has 0 fully saturated rings. The summed E-state index contributed by atoms with van der Waals surface area (Å²) in [5.41, 5.74) is 1.26. The summed E-state index contributed by atoms with van der Waals surface area (Å²) in [5, 5.41) is 16.5. The number of rotatable bonds is 5. The highest BCUT2D eigenvalue weighted by atomic mass is 19.1.